The van der Waals surface area contributed by atoms with Gasteiger partial charge in [0.25, 0.3) is 5.91 Å². The highest BCUT2D eigenvalue weighted by molar-refractivity contribution is 6.01. The molecule has 0 heterocycles. The number of carbonyl (C=O) groups excluding carboxylic acids is 2. The van der Waals surface area contributed by atoms with Gasteiger partial charge in [0.2, 0.25) is 5.91 Å². The molecule has 0 fully saturated rings. The van der Waals surface area contributed by atoms with E-state index in [1.165, 1.54) is 17.0 Å². The van der Waals surface area contributed by atoms with Crippen molar-refractivity contribution in [1.82, 2.24) is 4.90 Å². The van der Waals surface area contributed by atoms with Crippen LogP contribution in [0.2, 0.25) is 0 Å². The van der Waals surface area contributed by atoms with Crippen molar-refractivity contribution >= 4 is 17.5 Å². The molecule has 0 aromatic heterocycles. The largest absolute Gasteiger partial charge is 0.398 e. The number of nitrogens with two attached hydrogens (primary N) is 2. The Balaban J connectivity index is 2.20. The van der Waals surface area contributed by atoms with Gasteiger partial charge < -0.3 is 16.4 Å². The number of hydrogen-bond donors (Lipinski definition) is 2. The second-order valence-corrected chi connectivity index (χ2v) is 7.08. The number of amides is 2. The molecule has 0 aliphatic carbocycles. The van der Waals surface area contributed by atoms with Gasteiger partial charge in [-0.15, -0.1) is 0 Å². The van der Waals surface area contributed by atoms with Gasteiger partial charge in [-0.2, -0.15) is 5.26 Å². The van der Waals surface area contributed by atoms with Crippen molar-refractivity contribution < 1.29 is 14.0 Å². The Kier molecular flexibility index (Phi) is 6.32. The maximum Gasteiger partial charge on any atom is 0.257 e. The van der Waals surface area contributed by atoms with E-state index in [-0.39, 0.29) is 16.8 Å². The molecule has 0 saturated carbocycles. The average Bonchev–Trinajstić information content (AvgIpc) is 2.76. The van der Waals surface area contributed by atoms with Gasteiger partial charge in [0.05, 0.1) is 23.2 Å². The third-order valence-corrected chi connectivity index (χ3v) is 5.04. The molecule has 3 aromatic rings. The Morgan fingerprint density at radius 1 is 1.00 bits per heavy atom. The quantitative estimate of drug-likeness (QED) is 0.596. The first-order valence-electron chi connectivity index (χ1n) is 9.55. The molecular weight excluding hydrogens is 395 g/mol. The van der Waals surface area contributed by atoms with Crippen LogP contribution in [0, 0.1) is 17.1 Å². The zero-order chi connectivity index (χ0) is 22.5. The van der Waals surface area contributed by atoms with Gasteiger partial charge in [0, 0.05) is 5.69 Å². The third-order valence-electron chi connectivity index (χ3n) is 5.04. The molecule has 0 saturated heterocycles. The number of nitrogen functional groups attached to an aromatic ring is 1. The maximum atomic E-state index is 14.1. The van der Waals surface area contributed by atoms with E-state index < -0.39 is 29.7 Å². The number of hydrogen-bond acceptors (Lipinski definition) is 4. The molecular formula is C24H21FN4O2. The van der Waals surface area contributed by atoms with E-state index in [2.05, 4.69) is 0 Å². The van der Waals surface area contributed by atoms with Gasteiger partial charge in [-0.05, 0) is 48.4 Å². The molecule has 2 atom stereocenters. The van der Waals surface area contributed by atoms with Gasteiger partial charge in [-0.25, -0.2) is 4.39 Å². The number of nitriles is 1. The van der Waals surface area contributed by atoms with Crippen LogP contribution in [0.3, 0.4) is 0 Å². The maximum absolute atomic E-state index is 14.1. The zero-order valence-corrected chi connectivity index (χ0v) is 16.8. The zero-order valence-electron chi connectivity index (χ0n) is 16.8. The molecule has 0 aliphatic rings. The van der Waals surface area contributed by atoms with Gasteiger partial charge >= 0.3 is 0 Å². The Labute approximate surface area is 179 Å². The average molecular weight is 416 g/mol. The van der Waals surface area contributed by atoms with Crippen molar-refractivity contribution in [2.24, 2.45) is 5.73 Å². The van der Waals surface area contributed by atoms with Gasteiger partial charge in [0.1, 0.15) is 11.9 Å². The summed E-state index contributed by atoms with van der Waals surface area (Å²) < 4.78 is 14.1. The lowest BCUT2D eigenvalue weighted by molar-refractivity contribution is -0.123. The smallest absolute Gasteiger partial charge is 0.257 e. The van der Waals surface area contributed by atoms with Crippen molar-refractivity contribution in [2.45, 2.75) is 19.0 Å². The Hall–Kier alpha value is -4.18. The summed E-state index contributed by atoms with van der Waals surface area (Å²) in [5.74, 6) is -1.92. The molecule has 0 aliphatic heterocycles. The lowest BCUT2D eigenvalue weighted by Crippen LogP contribution is -2.43. The number of nitrogens with zero attached hydrogens (tertiary/aromatic N) is 2. The van der Waals surface area contributed by atoms with E-state index in [1.54, 1.807) is 61.5 Å². The minimum absolute atomic E-state index is 0.101. The Morgan fingerprint density at radius 3 is 2.26 bits per heavy atom. The number of para-hydroxylation sites is 1. The fourth-order valence-electron chi connectivity index (χ4n) is 3.52. The molecule has 4 N–H and O–H groups in total. The Bertz CT molecular complexity index is 1160. The predicted octanol–water partition coefficient (Wildman–Crippen LogP) is 3.71. The van der Waals surface area contributed by atoms with E-state index in [4.69, 9.17) is 11.5 Å². The van der Waals surface area contributed by atoms with Crippen LogP contribution in [0.25, 0.3) is 0 Å². The van der Waals surface area contributed by atoms with Crippen LogP contribution in [0.15, 0.2) is 72.8 Å². The number of benzene rings is 3. The van der Waals surface area contributed by atoms with Crippen molar-refractivity contribution in [1.29, 1.82) is 5.26 Å². The van der Waals surface area contributed by atoms with Crippen LogP contribution in [0.5, 0.6) is 0 Å². The summed E-state index contributed by atoms with van der Waals surface area (Å²) in [5, 5.41) is 9.22. The molecule has 0 unspecified atom stereocenters. The molecule has 6 nitrogen and oxygen atoms in total. The monoisotopic (exact) mass is 416 g/mol. The summed E-state index contributed by atoms with van der Waals surface area (Å²) in [7, 11) is 0. The van der Waals surface area contributed by atoms with Crippen LogP contribution in [-0.4, -0.2) is 16.7 Å². The predicted molar refractivity (Wildman–Crippen MR) is 115 cm³/mol. The topological polar surface area (TPSA) is 113 Å². The van der Waals surface area contributed by atoms with Crippen molar-refractivity contribution in [2.75, 3.05) is 5.73 Å². The van der Waals surface area contributed by atoms with Crippen LogP contribution >= 0.6 is 0 Å². The molecule has 7 heteroatoms. The summed E-state index contributed by atoms with van der Waals surface area (Å²) in [4.78, 5) is 27.5. The van der Waals surface area contributed by atoms with Crippen molar-refractivity contribution in [3.05, 3.63) is 101 Å². The highest BCUT2D eigenvalue weighted by atomic mass is 19.1. The van der Waals surface area contributed by atoms with E-state index >= 15 is 0 Å². The van der Waals surface area contributed by atoms with Gasteiger partial charge in [0.15, 0.2) is 0 Å². The SMILES string of the molecule is C[C@H](c1cc(F)cc(C#N)c1)N(C(=O)c1ccccc1N)[C@@H](C(N)=O)c1ccccc1. The lowest BCUT2D eigenvalue weighted by atomic mass is 9.96. The van der Waals surface area contributed by atoms with E-state index in [1.807, 2.05) is 6.07 Å². The molecule has 31 heavy (non-hydrogen) atoms. The second-order valence-electron chi connectivity index (χ2n) is 7.08. The molecule has 3 aromatic carbocycles. The first-order valence-corrected chi connectivity index (χ1v) is 9.55. The van der Waals surface area contributed by atoms with Crippen LogP contribution < -0.4 is 11.5 Å². The lowest BCUT2D eigenvalue weighted by Gasteiger charge is -2.36. The number of halogens is 1. The summed E-state index contributed by atoms with van der Waals surface area (Å²) in [6, 6.07) is 18.8. The second kappa shape index (κ2) is 9.09. The fraction of sp³-hybridized carbons (Fsp3) is 0.125. The van der Waals surface area contributed by atoms with Crippen LogP contribution in [0.4, 0.5) is 10.1 Å². The molecule has 0 spiro atoms. The van der Waals surface area contributed by atoms with E-state index in [9.17, 15) is 19.2 Å². The van der Waals surface area contributed by atoms with Crippen molar-refractivity contribution in [3.63, 3.8) is 0 Å². The number of carbonyl (C=O) groups is 2. The Morgan fingerprint density at radius 2 is 1.65 bits per heavy atom. The number of primary amides is 1. The first-order chi connectivity index (χ1) is 14.8. The normalized spacial score (nSPS) is 12.4. The van der Waals surface area contributed by atoms with Crippen LogP contribution in [0.1, 0.15) is 46.1 Å². The van der Waals surface area contributed by atoms with Gasteiger partial charge in [-0.3, -0.25) is 9.59 Å². The standard InChI is InChI=1S/C24H21FN4O2/c1-15(18-11-16(14-26)12-19(25)13-18)29(24(31)20-9-5-6-10-21(20)27)22(23(28)30)17-7-3-2-4-8-17/h2-13,15,22H,27H2,1H3,(H2,28,30)/t15-,22-/m1/s1. The minimum Gasteiger partial charge on any atom is -0.398 e. The first kappa shape index (κ1) is 21.5. The number of rotatable bonds is 6. The molecule has 2 amide bonds. The molecule has 3 rings (SSSR count). The molecule has 0 radical (unpaired) electrons. The highest BCUT2D eigenvalue weighted by Crippen LogP contribution is 2.34. The van der Waals surface area contributed by atoms with Crippen molar-refractivity contribution in [3.8, 4) is 6.07 Å². The molecule has 156 valence electrons. The summed E-state index contributed by atoms with van der Waals surface area (Å²) in [6.45, 7) is 1.64. The summed E-state index contributed by atoms with van der Waals surface area (Å²) >= 11 is 0. The summed E-state index contributed by atoms with van der Waals surface area (Å²) in [5.41, 5.74) is 13.1. The van der Waals surface area contributed by atoms with E-state index in [0.29, 0.717) is 11.1 Å². The summed E-state index contributed by atoms with van der Waals surface area (Å²) in [6.07, 6.45) is 0. The van der Waals surface area contributed by atoms with E-state index in [0.717, 1.165) is 6.07 Å². The third kappa shape index (κ3) is 4.54. The number of anilines is 1. The van der Waals surface area contributed by atoms with Crippen LogP contribution in [-0.2, 0) is 4.79 Å². The minimum atomic E-state index is -1.14. The molecule has 0 bridgehead atoms. The highest BCUT2D eigenvalue weighted by Gasteiger charge is 2.35. The van der Waals surface area contributed by atoms with Gasteiger partial charge in [-0.1, -0.05) is 42.5 Å². The fourth-order valence-corrected chi connectivity index (χ4v) is 3.52.